The molecular formula is C51H42F6N12O9S2. The van der Waals surface area contributed by atoms with Crippen LogP contribution in [-0.2, 0) is 51.3 Å². The number of carbonyl (C=O) groups excluding carboxylic acids is 1. The van der Waals surface area contributed by atoms with Crippen LogP contribution in [0.15, 0.2) is 138 Å². The number of alkyl halides is 6. The number of sulfonamides is 2. The Morgan fingerprint density at radius 3 is 1.29 bits per heavy atom. The fourth-order valence-electron chi connectivity index (χ4n) is 8.01. The van der Waals surface area contributed by atoms with Gasteiger partial charge in [0.15, 0.2) is 11.4 Å². The molecule has 4 heterocycles. The van der Waals surface area contributed by atoms with Crippen molar-refractivity contribution in [3.05, 3.63) is 196 Å². The standard InChI is InChI=1S/C28H25F3N6O5S.C23H17F3N6O4S/c1-16-22(24(38)35(6)26(40)36(16)20-9-7-8-17(14-20)28(29,30)31)23-21(43(41,42)34-25(39)27(2,3)4)15-33-37(23)19-12-10-18(32-5)11-13-19;1-13-19(20-18(37(27,35)36)12-29-32(20)16-9-7-15(28-2)8-10-16)21(33)30(3)22(34)31(13)17-6-4-5-14(11-17)23(24,25)26/h7-15H,1-4,6H3,(H,34,39);4-12H,1,3H3,(H2,27,35,36). The van der Waals surface area contributed by atoms with Crippen molar-refractivity contribution in [1.29, 1.82) is 0 Å². The first-order valence-electron chi connectivity index (χ1n) is 22.9. The molecule has 0 unspecified atom stereocenters. The molecule has 0 radical (unpaired) electrons. The van der Waals surface area contributed by atoms with Crippen molar-refractivity contribution in [3.8, 4) is 45.3 Å². The van der Waals surface area contributed by atoms with Crippen LogP contribution in [0.4, 0.5) is 37.7 Å². The van der Waals surface area contributed by atoms with Gasteiger partial charge in [-0.2, -0.15) is 36.5 Å². The second-order valence-electron chi connectivity index (χ2n) is 18.5. The van der Waals surface area contributed by atoms with Crippen molar-refractivity contribution in [1.82, 2.24) is 42.6 Å². The molecule has 29 heteroatoms. The molecule has 0 aliphatic heterocycles. The summed E-state index contributed by atoms with van der Waals surface area (Å²) < 4.78 is 140. The van der Waals surface area contributed by atoms with Crippen LogP contribution in [0.2, 0.25) is 0 Å². The van der Waals surface area contributed by atoms with Crippen molar-refractivity contribution >= 4 is 37.3 Å². The largest absolute Gasteiger partial charge is 0.416 e. The maximum atomic E-state index is 13.7. The Labute approximate surface area is 449 Å². The quantitative estimate of drug-likeness (QED) is 0.110. The van der Waals surface area contributed by atoms with Crippen molar-refractivity contribution in [2.24, 2.45) is 24.6 Å². The third-order valence-electron chi connectivity index (χ3n) is 12.1. The molecule has 1 amide bonds. The van der Waals surface area contributed by atoms with Crippen LogP contribution in [0.5, 0.6) is 0 Å². The van der Waals surface area contributed by atoms with Crippen molar-refractivity contribution in [2.45, 2.75) is 56.8 Å². The van der Waals surface area contributed by atoms with Gasteiger partial charge in [-0.15, -0.1) is 0 Å². The number of benzene rings is 4. The number of nitrogens with zero attached hydrogens (tertiary/aromatic N) is 10. The molecule has 80 heavy (non-hydrogen) atoms. The van der Waals surface area contributed by atoms with Crippen LogP contribution in [-0.4, -0.2) is 60.6 Å². The lowest BCUT2D eigenvalue weighted by Gasteiger charge is -2.20. The van der Waals surface area contributed by atoms with Crippen LogP contribution < -0.4 is 32.4 Å². The van der Waals surface area contributed by atoms with E-state index in [0.717, 1.165) is 81.4 Å². The zero-order chi connectivity index (χ0) is 59.4. The van der Waals surface area contributed by atoms with E-state index >= 15 is 0 Å². The summed E-state index contributed by atoms with van der Waals surface area (Å²) in [4.78, 5) is 71.5. The van der Waals surface area contributed by atoms with Gasteiger partial charge in [0.25, 0.3) is 21.1 Å². The fraction of sp³-hybridized carbons (Fsp3) is 0.196. The molecule has 0 aliphatic rings. The molecule has 4 aromatic heterocycles. The number of hydrogen-bond donors (Lipinski definition) is 2. The number of amides is 1. The maximum absolute atomic E-state index is 13.7. The van der Waals surface area contributed by atoms with Gasteiger partial charge in [-0.1, -0.05) is 57.2 Å². The Morgan fingerprint density at radius 1 is 0.588 bits per heavy atom. The van der Waals surface area contributed by atoms with Gasteiger partial charge >= 0.3 is 23.7 Å². The van der Waals surface area contributed by atoms with Crippen molar-refractivity contribution in [2.75, 3.05) is 0 Å². The minimum Gasteiger partial charge on any atom is -0.273 e. The topological polar surface area (TPSA) is 256 Å². The molecule has 0 aliphatic carbocycles. The summed E-state index contributed by atoms with van der Waals surface area (Å²) in [6.07, 6.45) is -7.60. The first-order valence-corrected chi connectivity index (χ1v) is 25.9. The molecule has 8 rings (SSSR count). The van der Waals surface area contributed by atoms with Gasteiger partial charge in [0.05, 0.1) is 70.5 Å². The number of nitrogens with one attached hydrogen (secondary N) is 1. The summed E-state index contributed by atoms with van der Waals surface area (Å²) in [6.45, 7) is 21.3. The lowest BCUT2D eigenvalue weighted by molar-refractivity contribution is -0.138. The SMILES string of the molecule is [C-]#[N+]c1ccc(-n2ncc(S(=O)(=O)NC(=O)C(C)(C)C)c2-c2c(C)n(-c3cccc(C(F)(F)F)c3)c(=O)n(C)c2=O)cc1.[C-]#[N+]c1ccc(-n2ncc(S(N)(=O)=O)c2-c2c(C)n(-c3cccc(C(F)(F)F)c3)c(=O)n(C)c2=O)cc1. The third kappa shape index (κ3) is 11.1. The number of hydrogen-bond acceptors (Lipinski definition) is 11. The van der Waals surface area contributed by atoms with Gasteiger partial charge in [-0.05, 0) is 74.5 Å². The highest BCUT2D eigenvalue weighted by Crippen LogP contribution is 2.36. The Morgan fingerprint density at radius 2 is 0.950 bits per heavy atom. The van der Waals surface area contributed by atoms with Gasteiger partial charge in [0.2, 0.25) is 15.9 Å². The van der Waals surface area contributed by atoms with E-state index in [0.29, 0.717) is 9.13 Å². The average molecular weight is 1150 g/mol. The normalized spacial score (nSPS) is 12.1. The summed E-state index contributed by atoms with van der Waals surface area (Å²) in [7, 11) is -6.95. The number of carbonyl (C=O) groups is 1. The van der Waals surface area contributed by atoms with Crippen LogP contribution in [0.25, 0.3) is 55.0 Å². The third-order valence-corrected chi connectivity index (χ3v) is 14.4. The smallest absolute Gasteiger partial charge is 0.273 e. The molecule has 0 fully saturated rings. The number of primary sulfonamides is 1. The van der Waals surface area contributed by atoms with E-state index in [2.05, 4.69) is 19.9 Å². The zero-order valence-corrected chi connectivity index (χ0v) is 44.3. The van der Waals surface area contributed by atoms with Crippen molar-refractivity contribution < 1.29 is 48.0 Å². The van der Waals surface area contributed by atoms with E-state index < -0.39 is 87.1 Å². The van der Waals surface area contributed by atoms with Gasteiger partial charge in [-0.3, -0.25) is 32.7 Å². The average Bonchev–Trinajstić information content (AvgIpc) is 4.06. The van der Waals surface area contributed by atoms with E-state index in [9.17, 15) is 67.2 Å². The molecule has 0 saturated heterocycles. The van der Waals surface area contributed by atoms with E-state index in [-0.39, 0.29) is 68.0 Å². The highest BCUT2D eigenvalue weighted by molar-refractivity contribution is 7.90. The highest BCUT2D eigenvalue weighted by atomic mass is 32.2. The summed E-state index contributed by atoms with van der Waals surface area (Å²) in [5.74, 6) is -0.855. The molecule has 0 spiro atoms. The molecule has 0 bridgehead atoms. The van der Waals surface area contributed by atoms with E-state index in [1.807, 2.05) is 4.72 Å². The molecule has 3 N–H and O–H groups in total. The lowest BCUT2D eigenvalue weighted by atomic mass is 9.96. The number of halogens is 6. The fourth-order valence-corrected chi connectivity index (χ4v) is 9.95. The zero-order valence-electron chi connectivity index (χ0n) is 42.7. The molecule has 0 saturated carbocycles. The van der Waals surface area contributed by atoms with Gasteiger partial charge in [0, 0.05) is 30.9 Å². The Bertz CT molecular complexity index is 4400. The minimum atomic E-state index is -4.74. The number of rotatable bonds is 9. The number of nitrogens with two attached hydrogens (primary N) is 1. The van der Waals surface area contributed by atoms with Crippen LogP contribution in [0.3, 0.4) is 0 Å². The lowest BCUT2D eigenvalue weighted by Crippen LogP contribution is -2.41. The molecule has 0 atom stereocenters. The van der Waals surface area contributed by atoms with Crippen molar-refractivity contribution in [3.63, 3.8) is 0 Å². The predicted octanol–water partition coefficient (Wildman–Crippen LogP) is 7.03. The second-order valence-corrected chi connectivity index (χ2v) is 21.7. The summed E-state index contributed by atoms with van der Waals surface area (Å²) in [5.41, 5.74) is -8.12. The summed E-state index contributed by atoms with van der Waals surface area (Å²) >= 11 is 0. The highest BCUT2D eigenvalue weighted by Gasteiger charge is 2.36. The van der Waals surface area contributed by atoms with E-state index in [1.54, 1.807) is 0 Å². The summed E-state index contributed by atoms with van der Waals surface area (Å²) in [5, 5.41) is 13.6. The Balaban J connectivity index is 0.000000234. The predicted molar refractivity (Wildman–Crippen MR) is 278 cm³/mol. The van der Waals surface area contributed by atoms with Gasteiger partial charge in [0.1, 0.15) is 21.2 Å². The maximum Gasteiger partial charge on any atom is 0.416 e. The van der Waals surface area contributed by atoms with Crippen LogP contribution in [0.1, 0.15) is 43.3 Å². The second kappa shape index (κ2) is 21.1. The molecule has 8 aromatic rings. The van der Waals surface area contributed by atoms with Crippen LogP contribution >= 0.6 is 0 Å². The summed E-state index contributed by atoms with van der Waals surface area (Å²) in [6, 6.07) is 19.3. The molecule has 4 aromatic carbocycles. The monoisotopic (exact) mass is 1140 g/mol. The Kier molecular flexibility index (Phi) is 15.3. The first kappa shape index (κ1) is 58.2. The molecule has 21 nitrogen and oxygen atoms in total. The van der Waals surface area contributed by atoms with E-state index in [4.69, 9.17) is 18.3 Å². The molecule has 414 valence electrons. The Hall–Kier alpha value is -9.45. The molecular weight excluding hydrogens is 1100 g/mol. The van der Waals surface area contributed by atoms with Gasteiger partial charge < -0.3 is 0 Å². The van der Waals surface area contributed by atoms with Gasteiger partial charge in [-0.25, -0.2) is 55.3 Å². The first-order chi connectivity index (χ1) is 37.1. The number of aromatic nitrogens is 8. The van der Waals surface area contributed by atoms with Crippen LogP contribution in [0, 0.1) is 32.4 Å². The minimum absolute atomic E-state index is 0.142. The van der Waals surface area contributed by atoms with E-state index in [1.165, 1.54) is 95.3 Å².